The molecule has 0 radical (unpaired) electrons. The number of nitrogens with zero attached hydrogens (tertiary/aromatic N) is 2. The Balaban J connectivity index is 2.11. The minimum absolute atomic E-state index is 0.00777. The number of benzene rings is 2. The summed E-state index contributed by atoms with van der Waals surface area (Å²) in [6, 6.07) is 14.0. The van der Waals surface area contributed by atoms with Gasteiger partial charge < -0.3 is 5.32 Å². The van der Waals surface area contributed by atoms with Crippen LogP contribution in [0.25, 0.3) is 10.8 Å². The quantitative estimate of drug-likeness (QED) is 0.760. The second-order valence-corrected chi connectivity index (χ2v) is 4.30. The lowest BCUT2D eigenvalue weighted by atomic mass is 10.1. The molecule has 3 aromatic rings. The van der Waals surface area contributed by atoms with Crippen molar-refractivity contribution in [3.63, 3.8) is 0 Å². The Morgan fingerprint density at radius 2 is 1.85 bits per heavy atom. The zero-order valence-corrected chi connectivity index (χ0v) is 10.5. The lowest BCUT2D eigenvalue weighted by molar-refractivity contribution is 0.624. The van der Waals surface area contributed by atoms with Crippen LogP contribution in [0.1, 0.15) is 5.56 Å². The summed E-state index contributed by atoms with van der Waals surface area (Å²) in [4.78, 5) is 4.10. The van der Waals surface area contributed by atoms with E-state index in [0.29, 0.717) is 5.69 Å². The van der Waals surface area contributed by atoms with Gasteiger partial charge >= 0.3 is 0 Å². The maximum Gasteiger partial charge on any atom is 0.143 e. The average molecular weight is 263 g/mol. The highest BCUT2D eigenvalue weighted by molar-refractivity contribution is 5.95. The summed E-state index contributed by atoms with van der Waals surface area (Å²) < 4.78 is 13.6. The van der Waals surface area contributed by atoms with Crippen molar-refractivity contribution in [3.8, 4) is 6.07 Å². The number of nitrogens with one attached hydrogen (secondary N) is 1. The number of anilines is 2. The number of nitriles is 1. The predicted octanol–water partition coefficient (Wildman–Crippen LogP) is 3.99. The first-order chi connectivity index (χ1) is 9.79. The maximum atomic E-state index is 13.6. The van der Waals surface area contributed by atoms with Crippen LogP contribution in [-0.2, 0) is 0 Å². The van der Waals surface area contributed by atoms with E-state index < -0.39 is 5.82 Å². The molecule has 2 aromatic carbocycles. The van der Waals surface area contributed by atoms with Gasteiger partial charge in [0.05, 0.1) is 5.69 Å². The molecule has 0 spiro atoms. The third-order valence-corrected chi connectivity index (χ3v) is 3.08. The molecule has 3 nitrogen and oxygen atoms in total. The van der Waals surface area contributed by atoms with Gasteiger partial charge in [-0.25, -0.2) is 4.39 Å². The molecule has 0 saturated carbocycles. The molecule has 0 saturated heterocycles. The van der Waals surface area contributed by atoms with Gasteiger partial charge in [-0.1, -0.05) is 18.2 Å². The summed E-state index contributed by atoms with van der Waals surface area (Å²) >= 11 is 0. The topological polar surface area (TPSA) is 48.7 Å². The van der Waals surface area contributed by atoms with Gasteiger partial charge in [0.15, 0.2) is 0 Å². The Labute approximate surface area is 115 Å². The Morgan fingerprint density at radius 3 is 2.70 bits per heavy atom. The van der Waals surface area contributed by atoms with Crippen LogP contribution in [0.15, 0.2) is 54.9 Å². The monoisotopic (exact) mass is 263 g/mol. The first kappa shape index (κ1) is 12.1. The minimum Gasteiger partial charge on any atom is -0.354 e. The summed E-state index contributed by atoms with van der Waals surface area (Å²) in [5.74, 6) is -0.532. The first-order valence-electron chi connectivity index (χ1n) is 6.08. The Morgan fingerprint density at radius 1 is 1.05 bits per heavy atom. The van der Waals surface area contributed by atoms with Crippen molar-refractivity contribution in [2.24, 2.45) is 0 Å². The summed E-state index contributed by atoms with van der Waals surface area (Å²) in [7, 11) is 0. The molecular weight excluding hydrogens is 253 g/mol. The molecule has 0 aliphatic carbocycles. The zero-order valence-electron chi connectivity index (χ0n) is 10.5. The van der Waals surface area contributed by atoms with Gasteiger partial charge in [-0.15, -0.1) is 0 Å². The highest BCUT2D eigenvalue weighted by Gasteiger charge is 2.09. The Bertz CT molecular complexity index is 816. The van der Waals surface area contributed by atoms with Crippen molar-refractivity contribution < 1.29 is 4.39 Å². The van der Waals surface area contributed by atoms with Crippen molar-refractivity contribution in [3.05, 3.63) is 66.2 Å². The smallest absolute Gasteiger partial charge is 0.143 e. The molecule has 3 rings (SSSR count). The van der Waals surface area contributed by atoms with Crippen LogP contribution >= 0.6 is 0 Å². The number of aromatic nitrogens is 1. The van der Waals surface area contributed by atoms with Gasteiger partial charge in [0.25, 0.3) is 0 Å². The molecule has 0 aliphatic heterocycles. The van der Waals surface area contributed by atoms with Crippen molar-refractivity contribution >= 4 is 22.1 Å². The highest BCUT2D eigenvalue weighted by atomic mass is 19.1. The second-order valence-electron chi connectivity index (χ2n) is 4.30. The van der Waals surface area contributed by atoms with Crippen LogP contribution in [0, 0.1) is 17.1 Å². The SMILES string of the molecule is N#Cc1c(F)cccc1Nc1cccc2ccncc12. The van der Waals surface area contributed by atoms with Crippen LogP contribution in [0.3, 0.4) is 0 Å². The number of fused-ring (bicyclic) bond motifs is 1. The highest BCUT2D eigenvalue weighted by Crippen LogP contribution is 2.28. The third kappa shape index (κ3) is 2.06. The summed E-state index contributed by atoms with van der Waals surface area (Å²) in [5.41, 5.74) is 1.25. The normalized spacial score (nSPS) is 10.2. The molecule has 96 valence electrons. The number of pyridine rings is 1. The number of halogens is 1. The van der Waals surface area contributed by atoms with Crippen LogP contribution in [0.4, 0.5) is 15.8 Å². The molecule has 1 aromatic heterocycles. The molecule has 1 heterocycles. The van der Waals surface area contributed by atoms with E-state index in [1.165, 1.54) is 6.07 Å². The number of rotatable bonds is 2. The zero-order chi connectivity index (χ0) is 13.9. The Kier molecular flexibility index (Phi) is 3.02. The molecule has 20 heavy (non-hydrogen) atoms. The van der Waals surface area contributed by atoms with E-state index in [-0.39, 0.29) is 5.56 Å². The van der Waals surface area contributed by atoms with Crippen LogP contribution < -0.4 is 5.32 Å². The van der Waals surface area contributed by atoms with Crippen LogP contribution in [-0.4, -0.2) is 4.98 Å². The molecule has 4 heteroatoms. The van der Waals surface area contributed by atoms with E-state index in [0.717, 1.165) is 16.5 Å². The van der Waals surface area contributed by atoms with E-state index in [4.69, 9.17) is 5.26 Å². The molecule has 0 bridgehead atoms. The van der Waals surface area contributed by atoms with Crippen LogP contribution in [0.2, 0.25) is 0 Å². The second kappa shape index (κ2) is 4.98. The fourth-order valence-electron chi connectivity index (χ4n) is 2.11. The molecule has 0 aliphatic rings. The summed E-state index contributed by atoms with van der Waals surface area (Å²) in [6.07, 6.45) is 3.46. The fraction of sp³-hybridized carbons (Fsp3) is 0. The van der Waals surface area contributed by atoms with E-state index in [1.807, 2.05) is 30.3 Å². The minimum atomic E-state index is -0.532. The van der Waals surface area contributed by atoms with Gasteiger partial charge in [0.1, 0.15) is 17.4 Å². The average Bonchev–Trinajstić information content (AvgIpc) is 2.48. The van der Waals surface area contributed by atoms with Gasteiger partial charge in [0.2, 0.25) is 0 Å². The van der Waals surface area contributed by atoms with E-state index in [9.17, 15) is 4.39 Å². The van der Waals surface area contributed by atoms with E-state index in [2.05, 4.69) is 10.3 Å². The van der Waals surface area contributed by atoms with Crippen molar-refractivity contribution in [1.82, 2.24) is 4.98 Å². The first-order valence-corrected chi connectivity index (χ1v) is 6.08. The largest absolute Gasteiger partial charge is 0.354 e. The lowest BCUT2D eigenvalue weighted by Crippen LogP contribution is -1.96. The standard InChI is InChI=1S/C16H10FN3/c17-14-4-2-6-15(12(14)9-18)20-16-5-1-3-11-7-8-19-10-13(11)16/h1-8,10,20H. The van der Waals surface area contributed by atoms with E-state index >= 15 is 0 Å². The fourth-order valence-corrected chi connectivity index (χ4v) is 2.11. The molecule has 1 N–H and O–H groups in total. The van der Waals surface area contributed by atoms with Gasteiger partial charge in [-0.3, -0.25) is 4.98 Å². The molecule has 0 fully saturated rings. The summed E-state index contributed by atoms with van der Waals surface area (Å²) in [6.45, 7) is 0. The molecule has 0 atom stereocenters. The Hall–Kier alpha value is -2.93. The summed E-state index contributed by atoms with van der Waals surface area (Å²) in [5, 5.41) is 14.1. The van der Waals surface area contributed by atoms with Crippen molar-refractivity contribution in [2.45, 2.75) is 0 Å². The van der Waals surface area contributed by atoms with Crippen molar-refractivity contribution in [2.75, 3.05) is 5.32 Å². The van der Waals surface area contributed by atoms with Gasteiger partial charge in [-0.05, 0) is 29.7 Å². The van der Waals surface area contributed by atoms with Gasteiger partial charge in [-0.2, -0.15) is 5.26 Å². The van der Waals surface area contributed by atoms with E-state index in [1.54, 1.807) is 24.5 Å². The van der Waals surface area contributed by atoms with Gasteiger partial charge in [0, 0.05) is 23.5 Å². The molecular formula is C16H10FN3. The number of hydrogen-bond acceptors (Lipinski definition) is 3. The van der Waals surface area contributed by atoms with Crippen LogP contribution in [0.5, 0.6) is 0 Å². The predicted molar refractivity (Wildman–Crippen MR) is 76.1 cm³/mol. The molecule has 0 unspecified atom stereocenters. The van der Waals surface area contributed by atoms with Crippen molar-refractivity contribution in [1.29, 1.82) is 5.26 Å². The molecule has 0 amide bonds. The number of hydrogen-bond donors (Lipinski definition) is 1. The third-order valence-electron chi connectivity index (χ3n) is 3.08. The lowest BCUT2D eigenvalue weighted by Gasteiger charge is -2.11. The maximum absolute atomic E-state index is 13.6.